The molecule has 0 spiro atoms. The average molecular weight is 340 g/mol. The summed E-state index contributed by atoms with van der Waals surface area (Å²) in [5, 5.41) is 5.64. The van der Waals surface area contributed by atoms with Gasteiger partial charge in [0.25, 0.3) is 0 Å². The van der Waals surface area contributed by atoms with Crippen molar-refractivity contribution < 1.29 is 9.59 Å². The Hall–Kier alpha value is -3.00. The van der Waals surface area contributed by atoms with Crippen molar-refractivity contribution in [1.82, 2.24) is 0 Å². The highest BCUT2D eigenvalue weighted by Gasteiger charge is 2.13. The molecule has 0 saturated carbocycles. The highest BCUT2D eigenvalue weighted by Crippen LogP contribution is 2.33. The molecule has 0 bridgehead atoms. The zero-order valence-corrected chi connectivity index (χ0v) is 14.6. The van der Waals surface area contributed by atoms with Gasteiger partial charge in [0.15, 0.2) is 11.6 Å². The summed E-state index contributed by atoms with van der Waals surface area (Å²) in [5.74, 6) is -0.241. The Bertz CT molecular complexity index is 1030. The Labute approximate surface area is 152 Å². The summed E-state index contributed by atoms with van der Waals surface area (Å²) in [7, 11) is 0. The molecule has 2 nitrogen and oxygen atoms in total. The molecule has 0 atom stereocenters. The van der Waals surface area contributed by atoms with E-state index < -0.39 is 0 Å². The normalized spacial score (nSPS) is 15.7. The van der Waals surface area contributed by atoms with Crippen molar-refractivity contribution in [3.63, 3.8) is 0 Å². The number of hydrogen-bond donors (Lipinski definition) is 0. The zero-order chi connectivity index (χ0) is 17.9. The Morgan fingerprint density at radius 3 is 2.00 bits per heavy atom. The minimum absolute atomic E-state index is 0.121. The fourth-order valence-corrected chi connectivity index (χ4v) is 3.78. The van der Waals surface area contributed by atoms with Crippen LogP contribution in [0.4, 0.5) is 0 Å². The van der Waals surface area contributed by atoms with Gasteiger partial charge in [0, 0.05) is 0 Å². The zero-order valence-electron chi connectivity index (χ0n) is 14.6. The van der Waals surface area contributed by atoms with E-state index in [1.165, 1.54) is 71.5 Å². The van der Waals surface area contributed by atoms with E-state index in [2.05, 4.69) is 48.5 Å². The minimum atomic E-state index is -0.121. The van der Waals surface area contributed by atoms with Gasteiger partial charge in [-0.3, -0.25) is 9.59 Å². The monoisotopic (exact) mass is 340 g/mol. The van der Waals surface area contributed by atoms with Crippen molar-refractivity contribution in [2.24, 2.45) is 0 Å². The van der Waals surface area contributed by atoms with Crippen molar-refractivity contribution in [3.05, 3.63) is 84.0 Å². The second kappa shape index (κ2) is 7.09. The molecule has 0 fully saturated rings. The van der Waals surface area contributed by atoms with Gasteiger partial charge in [0.2, 0.25) is 0 Å². The summed E-state index contributed by atoms with van der Waals surface area (Å²) < 4.78 is 0. The van der Waals surface area contributed by atoms with Gasteiger partial charge in [0.1, 0.15) is 0 Å². The number of allylic oxidation sites excluding steroid dienone is 4. The quantitative estimate of drug-likeness (QED) is 0.420. The fraction of sp³-hybridized carbons (Fsp3) is 0.167. The Kier molecular flexibility index (Phi) is 4.49. The molecule has 3 aromatic rings. The summed E-state index contributed by atoms with van der Waals surface area (Å²) in [6, 6.07) is 18.0. The number of rotatable bonds is 0. The summed E-state index contributed by atoms with van der Waals surface area (Å²) in [5.41, 5.74) is 3.17. The number of fused-ring (bicyclic) bond motifs is 5. The fourth-order valence-electron chi connectivity index (χ4n) is 3.78. The third-order valence-electron chi connectivity index (χ3n) is 5.08. The molecule has 2 aliphatic rings. The maximum atomic E-state index is 10.3. The van der Waals surface area contributed by atoms with E-state index in [4.69, 9.17) is 0 Å². The Morgan fingerprint density at radius 2 is 1.23 bits per heavy atom. The number of ketones is 2. The molecule has 0 N–H and O–H groups in total. The van der Waals surface area contributed by atoms with E-state index in [9.17, 15) is 9.59 Å². The van der Waals surface area contributed by atoms with Crippen molar-refractivity contribution in [3.8, 4) is 0 Å². The third kappa shape index (κ3) is 3.23. The van der Waals surface area contributed by atoms with Crippen LogP contribution in [-0.2, 0) is 22.4 Å². The smallest absolute Gasteiger partial charge is 0.178 e. The van der Waals surface area contributed by atoms with Crippen LogP contribution in [0.5, 0.6) is 0 Å². The van der Waals surface area contributed by atoms with Gasteiger partial charge in [-0.15, -0.1) is 0 Å². The molecule has 0 unspecified atom stereocenters. The Balaban J connectivity index is 0.000000178. The van der Waals surface area contributed by atoms with Gasteiger partial charge in [-0.05, 0) is 82.7 Å². The molecule has 0 aliphatic heterocycles. The number of carbonyl (C=O) groups is 2. The van der Waals surface area contributed by atoms with Gasteiger partial charge in [-0.1, -0.05) is 48.5 Å². The Morgan fingerprint density at radius 1 is 0.577 bits per heavy atom. The summed E-state index contributed by atoms with van der Waals surface area (Å²) >= 11 is 0. The van der Waals surface area contributed by atoms with Gasteiger partial charge in [-0.25, -0.2) is 0 Å². The summed E-state index contributed by atoms with van der Waals surface area (Å²) in [4.78, 5) is 20.6. The minimum Gasteiger partial charge on any atom is -0.290 e. The van der Waals surface area contributed by atoms with E-state index in [0.29, 0.717) is 0 Å². The van der Waals surface area contributed by atoms with Crippen molar-refractivity contribution >= 4 is 33.1 Å². The predicted octanol–water partition coefficient (Wildman–Crippen LogP) is 5.12. The van der Waals surface area contributed by atoms with E-state index in [1.807, 2.05) is 0 Å². The maximum absolute atomic E-state index is 10.3. The molecule has 0 aromatic heterocycles. The van der Waals surface area contributed by atoms with E-state index in [-0.39, 0.29) is 11.6 Å². The second-order valence-electron chi connectivity index (χ2n) is 6.76. The van der Waals surface area contributed by atoms with Gasteiger partial charge < -0.3 is 0 Å². The molecule has 2 aliphatic carbocycles. The summed E-state index contributed by atoms with van der Waals surface area (Å²) in [6.45, 7) is 0. The first-order valence-corrected chi connectivity index (χ1v) is 9.09. The van der Waals surface area contributed by atoms with Crippen LogP contribution < -0.4 is 0 Å². The van der Waals surface area contributed by atoms with Crippen LogP contribution in [0.2, 0.25) is 0 Å². The topological polar surface area (TPSA) is 34.1 Å². The molecule has 0 amide bonds. The van der Waals surface area contributed by atoms with Crippen LogP contribution in [0, 0.1) is 0 Å². The number of carbonyl (C=O) groups excluding carboxylic acids is 2. The molecule has 0 saturated heterocycles. The van der Waals surface area contributed by atoms with Crippen molar-refractivity contribution in [2.45, 2.75) is 25.7 Å². The third-order valence-corrected chi connectivity index (χ3v) is 5.08. The molecule has 3 aromatic carbocycles. The van der Waals surface area contributed by atoms with Crippen LogP contribution in [-0.4, -0.2) is 11.6 Å². The van der Waals surface area contributed by atoms with Crippen LogP contribution in [0.3, 0.4) is 0 Å². The predicted molar refractivity (Wildman–Crippen MR) is 106 cm³/mol. The van der Waals surface area contributed by atoms with Gasteiger partial charge in [-0.2, -0.15) is 0 Å². The highest BCUT2D eigenvalue weighted by molar-refractivity contribution is 6.14. The molecular weight excluding hydrogens is 320 g/mol. The first kappa shape index (κ1) is 16.5. The van der Waals surface area contributed by atoms with E-state index >= 15 is 0 Å². The molecular formula is C24H20O2. The lowest BCUT2D eigenvalue weighted by Crippen LogP contribution is -2.02. The lowest BCUT2D eigenvalue weighted by Gasteiger charge is -2.18. The van der Waals surface area contributed by atoms with Gasteiger partial charge >= 0.3 is 0 Å². The number of aryl methyl sites for hydroxylation is 2. The van der Waals surface area contributed by atoms with Crippen LogP contribution in [0.15, 0.2) is 72.8 Å². The molecule has 0 radical (unpaired) electrons. The van der Waals surface area contributed by atoms with Crippen LogP contribution in [0.25, 0.3) is 21.5 Å². The first-order valence-electron chi connectivity index (χ1n) is 9.09. The number of benzene rings is 3. The van der Waals surface area contributed by atoms with E-state index in [0.717, 1.165) is 0 Å². The van der Waals surface area contributed by atoms with Gasteiger partial charge in [0.05, 0.1) is 0 Å². The first-order chi connectivity index (χ1) is 12.7. The lowest BCUT2D eigenvalue weighted by atomic mass is 9.86. The molecule has 2 heteroatoms. The van der Waals surface area contributed by atoms with Crippen LogP contribution >= 0.6 is 0 Å². The molecule has 26 heavy (non-hydrogen) atoms. The van der Waals surface area contributed by atoms with Crippen molar-refractivity contribution in [1.29, 1.82) is 0 Å². The molecule has 5 rings (SSSR count). The standard InChI is InChI=1S/C18H16.C6H4O2/c1-3-7-15-13(5-1)9-11-18-16-8-4-2-6-14(16)10-12-17(15)18;7-5-1-2-6(8)4-3-5/h1,3,5,7,9-12H,2,4,6,8H2;1-4H. The highest BCUT2D eigenvalue weighted by atomic mass is 16.1. The largest absolute Gasteiger partial charge is 0.290 e. The molecule has 128 valence electrons. The SMILES string of the molecule is O=C1C=CC(=O)C=C1.c1ccc2c(c1)ccc1c3c(ccc12)CCCC3. The maximum Gasteiger partial charge on any atom is 0.178 e. The van der Waals surface area contributed by atoms with Crippen molar-refractivity contribution in [2.75, 3.05) is 0 Å². The van der Waals surface area contributed by atoms with Crippen LogP contribution in [0.1, 0.15) is 24.0 Å². The molecule has 0 heterocycles. The number of hydrogen-bond acceptors (Lipinski definition) is 2. The average Bonchev–Trinajstić information content (AvgIpc) is 2.70. The summed E-state index contributed by atoms with van der Waals surface area (Å²) in [6.07, 6.45) is 10.2. The van der Waals surface area contributed by atoms with E-state index in [1.54, 1.807) is 11.1 Å². The lowest BCUT2D eigenvalue weighted by molar-refractivity contribution is -0.113. The second-order valence-corrected chi connectivity index (χ2v) is 6.76.